The summed E-state index contributed by atoms with van der Waals surface area (Å²) in [5, 5.41) is 3.39. The minimum Gasteiger partial charge on any atom is -0.462 e. The number of rotatable bonds is 6. The third kappa shape index (κ3) is 5.25. The molecule has 1 aliphatic rings. The monoisotopic (exact) mass is 444 g/mol. The van der Waals surface area contributed by atoms with Gasteiger partial charge in [0.1, 0.15) is 5.00 Å². The lowest BCUT2D eigenvalue weighted by Gasteiger charge is -2.26. The summed E-state index contributed by atoms with van der Waals surface area (Å²) < 4.78 is 10.4. The number of esters is 1. The molecule has 0 spiro atoms. The molecule has 1 aromatic carbocycles. The van der Waals surface area contributed by atoms with Gasteiger partial charge in [-0.2, -0.15) is 0 Å². The van der Waals surface area contributed by atoms with E-state index in [1.807, 2.05) is 32.0 Å². The second kappa shape index (κ2) is 9.96. The Morgan fingerprint density at radius 2 is 1.87 bits per heavy atom. The molecule has 8 heteroatoms. The standard InChI is InChI=1S/C23H28N2O5S/c1-5-29-22(27)20-17-9-10-25(23(28)30-6-2)13-18(17)31-21(20)24-19(26)12-16-11-14(3)7-8-15(16)4/h7-8,11H,5-6,9-10,12-13H2,1-4H3,(H,24,26). The van der Waals surface area contributed by atoms with Crippen LogP contribution in [0.4, 0.5) is 9.80 Å². The van der Waals surface area contributed by atoms with Gasteiger partial charge in [0.15, 0.2) is 0 Å². The van der Waals surface area contributed by atoms with Crippen molar-refractivity contribution < 1.29 is 23.9 Å². The summed E-state index contributed by atoms with van der Waals surface area (Å²) >= 11 is 1.32. The van der Waals surface area contributed by atoms with E-state index < -0.39 is 5.97 Å². The van der Waals surface area contributed by atoms with E-state index in [4.69, 9.17) is 9.47 Å². The van der Waals surface area contributed by atoms with E-state index in [2.05, 4.69) is 5.32 Å². The first-order valence-corrected chi connectivity index (χ1v) is 11.2. The SMILES string of the molecule is CCOC(=O)c1c(NC(=O)Cc2cc(C)ccc2C)sc2c1CCN(C(=O)OCC)C2. The van der Waals surface area contributed by atoms with Gasteiger partial charge in [-0.15, -0.1) is 11.3 Å². The molecule has 1 aliphatic heterocycles. The van der Waals surface area contributed by atoms with Crippen LogP contribution in [0.2, 0.25) is 0 Å². The summed E-state index contributed by atoms with van der Waals surface area (Å²) in [4.78, 5) is 40.1. The third-order valence-electron chi connectivity index (χ3n) is 5.17. The largest absolute Gasteiger partial charge is 0.462 e. The lowest BCUT2D eigenvalue weighted by Crippen LogP contribution is -2.36. The third-order valence-corrected chi connectivity index (χ3v) is 6.30. The van der Waals surface area contributed by atoms with Crippen LogP contribution in [0.1, 0.15) is 51.3 Å². The lowest BCUT2D eigenvalue weighted by molar-refractivity contribution is -0.115. The number of ether oxygens (including phenoxy) is 2. The Labute approximate surface area is 186 Å². The number of benzene rings is 1. The van der Waals surface area contributed by atoms with Crippen LogP contribution in [0.5, 0.6) is 0 Å². The highest BCUT2D eigenvalue weighted by molar-refractivity contribution is 7.17. The second-order valence-electron chi connectivity index (χ2n) is 7.45. The van der Waals surface area contributed by atoms with Crippen LogP contribution in [-0.2, 0) is 33.7 Å². The van der Waals surface area contributed by atoms with Crippen LogP contribution >= 0.6 is 11.3 Å². The molecule has 0 bridgehead atoms. The van der Waals surface area contributed by atoms with Gasteiger partial charge < -0.3 is 19.7 Å². The van der Waals surface area contributed by atoms with Crippen molar-refractivity contribution in [2.45, 2.75) is 47.1 Å². The van der Waals surface area contributed by atoms with Crippen LogP contribution in [0, 0.1) is 13.8 Å². The first-order chi connectivity index (χ1) is 14.8. The van der Waals surface area contributed by atoms with Gasteiger partial charge in [0, 0.05) is 11.4 Å². The van der Waals surface area contributed by atoms with E-state index in [9.17, 15) is 14.4 Å². The van der Waals surface area contributed by atoms with Crippen molar-refractivity contribution in [1.82, 2.24) is 4.90 Å². The highest BCUT2D eigenvalue weighted by atomic mass is 32.1. The van der Waals surface area contributed by atoms with Crippen LogP contribution in [0.25, 0.3) is 0 Å². The highest BCUT2D eigenvalue weighted by Crippen LogP contribution is 2.38. The molecule has 3 rings (SSSR count). The molecule has 1 aromatic heterocycles. The summed E-state index contributed by atoms with van der Waals surface area (Å²) in [6.07, 6.45) is 0.346. The minimum atomic E-state index is -0.452. The molecule has 166 valence electrons. The number of carbonyl (C=O) groups is 3. The zero-order valence-electron chi connectivity index (χ0n) is 18.4. The summed E-state index contributed by atoms with van der Waals surface area (Å²) in [6, 6.07) is 6.01. The fourth-order valence-electron chi connectivity index (χ4n) is 3.62. The van der Waals surface area contributed by atoms with E-state index in [0.29, 0.717) is 36.7 Å². The van der Waals surface area contributed by atoms with Gasteiger partial charge in [0.25, 0.3) is 0 Å². The summed E-state index contributed by atoms with van der Waals surface area (Å²) in [5.74, 6) is -0.647. The van der Waals surface area contributed by atoms with Crippen molar-refractivity contribution >= 4 is 34.3 Å². The maximum absolute atomic E-state index is 12.8. The zero-order valence-corrected chi connectivity index (χ0v) is 19.2. The van der Waals surface area contributed by atoms with Crippen molar-refractivity contribution in [3.05, 3.63) is 50.9 Å². The van der Waals surface area contributed by atoms with Crippen LogP contribution in [0.15, 0.2) is 18.2 Å². The van der Waals surface area contributed by atoms with E-state index in [0.717, 1.165) is 27.1 Å². The van der Waals surface area contributed by atoms with Crippen molar-refractivity contribution in [2.24, 2.45) is 0 Å². The van der Waals surface area contributed by atoms with Crippen LogP contribution < -0.4 is 5.32 Å². The fraction of sp³-hybridized carbons (Fsp3) is 0.435. The van der Waals surface area contributed by atoms with Gasteiger partial charge in [-0.05, 0) is 50.8 Å². The normalized spacial score (nSPS) is 12.8. The Morgan fingerprint density at radius 1 is 1.13 bits per heavy atom. The van der Waals surface area contributed by atoms with Crippen molar-refractivity contribution in [1.29, 1.82) is 0 Å². The molecular formula is C23H28N2O5S. The van der Waals surface area contributed by atoms with Gasteiger partial charge in [-0.3, -0.25) is 4.79 Å². The molecule has 0 aliphatic carbocycles. The summed E-state index contributed by atoms with van der Waals surface area (Å²) in [7, 11) is 0. The zero-order chi connectivity index (χ0) is 22.5. The fourth-order valence-corrected chi connectivity index (χ4v) is 4.88. The molecule has 0 unspecified atom stereocenters. The van der Waals surface area contributed by atoms with Crippen molar-refractivity contribution in [2.75, 3.05) is 25.1 Å². The quantitative estimate of drug-likeness (QED) is 0.674. The summed E-state index contributed by atoms with van der Waals surface area (Å²) in [5.41, 5.74) is 4.32. The van der Waals surface area contributed by atoms with E-state index >= 15 is 0 Å². The number of fused-ring (bicyclic) bond motifs is 1. The van der Waals surface area contributed by atoms with Crippen LogP contribution in [0.3, 0.4) is 0 Å². The van der Waals surface area contributed by atoms with Crippen LogP contribution in [-0.4, -0.2) is 42.6 Å². The van der Waals surface area contributed by atoms with Gasteiger partial charge >= 0.3 is 12.1 Å². The van der Waals surface area contributed by atoms with E-state index in [1.54, 1.807) is 18.7 Å². The Hall–Kier alpha value is -2.87. The molecule has 2 amide bonds. The number of hydrogen-bond acceptors (Lipinski definition) is 6. The maximum atomic E-state index is 12.8. The first-order valence-electron chi connectivity index (χ1n) is 10.4. The van der Waals surface area contributed by atoms with E-state index in [1.165, 1.54) is 11.3 Å². The molecular weight excluding hydrogens is 416 g/mol. The first kappa shape index (κ1) is 22.8. The molecule has 2 aromatic rings. The topological polar surface area (TPSA) is 84.9 Å². The Morgan fingerprint density at radius 3 is 2.58 bits per heavy atom. The molecule has 0 saturated heterocycles. The molecule has 0 atom stereocenters. The second-order valence-corrected chi connectivity index (χ2v) is 8.56. The number of nitrogens with one attached hydrogen (secondary N) is 1. The Bertz CT molecular complexity index is 998. The minimum absolute atomic E-state index is 0.194. The molecule has 0 fully saturated rings. The van der Waals surface area contributed by atoms with E-state index in [-0.39, 0.29) is 25.0 Å². The molecule has 0 saturated carbocycles. The predicted molar refractivity (Wildman–Crippen MR) is 120 cm³/mol. The number of amides is 2. The molecule has 1 N–H and O–H groups in total. The smallest absolute Gasteiger partial charge is 0.410 e. The predicted octanol–water partition coefficient (Wildman–Crippen LogP) is 4.24. The van der Waals surface area contributed by atoms with Gasteiger partial charge in [-0.25, -0.2) is 9.59 Å². The van der Waals surface area contributed by atoms with Gasteiger partial charge in [0.2, 0.25) is 5.91 Å². The maximum Gasteiger partial charge on any atom is 0.410 e. The Kier molecular flexibility index (Phi) is 7.33. The molecule has 7 nitrogen and oxygen atoms in total. The Balaban J connectivity index is 1.85. The summed E-state index contributed by atoms with van der Waals surface area (Å²) in [6.45, 7) is 8.82. The van der Waals surface area contributed by atoms with Gasteiger partial charge in [0.05, 0.1) is 31.7 Å². The number of hydrogen-bond donors (Lipinski definition) is 1. The average molecular weight is 445 g/mol. The van der Waals surface area contributed by atoms with Crippen molar-refractivity contribution in [3.8, 4) is 0 Å². The number of thiophene rings is 1. The number of aryl methyl sites for hydroxylation is 2. The highest BCUT2D eigenvalue weighted by Gasteiger charge is 2.31. The number of nitrogens with zero attached hydrogens (tertiary/aromatic N) is 1. The molecule has 0 radical (unpaired) electrons. The molecule has 31 heavy (non-hydrogen) atoms. The van der Waals surface area contributed by atoms with Crippen molar-refractivity contribution in [3.63, 3.8) is 0 Å². The lowest BCUT2D eigenvalue weighted by atomic mass is 10.0. The number of anilines is 1. The van der Waals surface area contributed by atoms with Gasteiger partial charge in [-0.1, -0.05) is 23.8 Å². The number of carbonyl (C=O) groups excluding carboxylic acids is 3. The average Bonchev–Trinajstić information content (AvgIpc) is 3.07. The molecule has 2 heterocycles.